The van der Waals surface area contributed by atoms with Crippen LogP contribution in [0.3, 0.4) is 0 Å². The lowest BCUT2D eigenvalue weighted by Crippen LogP contribution is -2.04. The average Bonchev–Trinajstić information content (AvgIpc) is 2.34. The molecule has 0 fully saturated rings. The van der Waals surface area contributed by atoms with Crippen LogP contribution in [0.4, 0.5) is 13.2 Å². The molecule has 0 aliphatic rings. The number of hydrogen-bond acceptors (Lipinski definition) is 0. The molecular formula is C15H12ClF3. The molecule has 0 spiro atoms. The van der Waals surface area contributed by atoms with E-state index in [0.29, 0.717) is 11.1 Å². The number of aryl methyl sites for hydroxylation is 1. The minimum atomic E-state index is -0.873. The first-order valence-electron chi connectivity index (χ1n) is 5.82. The lowest BCUT2D eigenvalue weighted by molar-refractivity contribution is 0.545. The molecule has 2 rings (SSSR count). The van der Waals surface area contributed by atoms with Gasteiger partial charge in [-0.25, -0.2) is 13.2 Å². The van der Waals surface area contributed by atoms with E-state index in [2.05, 4.69) is 0 Å². The van der Waals surface area contributed by atoms with Crippen molar-refractivity contribution in [1.82, 2.24) is 0 Å². The Kier molecular flexibility index (Phi) is 4.15. The van der Waals surface area contributed by atoms with Crippen molar-refractivity contribution in [3.8, 4) is 0 Å². The predicted octanol–water partition coefficient (Wildman–Crippen LogP) is 4.93. The first kappa shape index (κ1) is 13.9. The third-order valence-corrected chi connectivity index (χ3v) is 3.31. The Labute approximate surface area is 114 Å². The SMILES string of the molecule is Cc1ccc(F)c(C(Cl)Cc2cccc(F)c2)c1F. The van der Waals surface area contributed by atoms with Crippen LogP contribution in [0.25, 0.3) is 0 Å². The summed E-state index contributed by atoms with van der Waals surface area (Å²) in [5, 5.41) is -0.873. The van der Waals surface area contributed by atoms with Gasteiger partial charge in [-0.2, -0.15) is 0 Å². The third kappa shape index (κ3) is 3.10. The highest BCUT2D eigenvalue weighted by Crippen LogP contribution is 2.31. The highest BCUT2D eigenvalue weighted by atomic mass is 35.5. The van der Waals surface area contributed by atoms with Gasteiger partial charge >= 0.3 is 0 Å². The van der Waals surface area contributed by atoms with Crippen LogP contribution in [-0.2, 0) is 6.42 Å². The summed E-state index contributed by atoms with van der Waals surface area (Å²) in [6.45, 7) is 1.55. The molecule has 0 N–H and O–H groups in total. The highest BCUT2D eigenvalue weighted by Gasteiger charge is 2.20. The van der Waals surface area contributed by atoms with Crippen molar-refractivity contribution >= 4 is 11.6 Å². The quantitative estimate of drug-likeness (QED) is 0.701. The highest BCUT2D eigenvalue weighted by molar-refractivity contribution is 6.21. The lowest BCUT2D eigenvalue weighted by Gasteiger charge is -2.13. The van der Waals surface area contributed by atoms with E-state index >= 15 is 0 Å². The number of hydrogen-bond donors (Lipinski definition) is 0. The Morgan fingerprint density at radius 3 is 2.53 bits per heavy atom. The second kappa shape index (κ2) is 5.66. The van der Waals surface area contributed by atoms with E-state index in [9.17, 15) is 13.2 Å². The van der Waals surface area contributed by atoms with E-state index < -0.39 is 22.8 Å². The maximum Gasteiger partial charge on any atom is 0.133 e. The van der Waals surface area contributed by atoms with Crippen molar-refractivity contribution in [3.63, 3.8) is 0 Å². The zero-order valence-corrected chi connectivity index (χ0v) is 11.0. The van der Waals surface area contributed by atoms with Crippen LogP contribution >= 0.6 is 11.6 Å². The summed E-state index contributed by atoms with van der Waals surface area (Å²) in [5.41, 5.74) is 0.771. The van der Waals surface area contributed by atoms with Gasteiger partial charge < -0.3 is 0 Å². The lowest BCUT2D eigenvalue weighted by atomic mass is 10.0. The van der Waals surface area contributed by atoms with Crippen molar-refractivity contribution in [2.24, 2.45) is 0 Å². The van der Waals surface area contributed by atoms with Gasteiger partial charge in [0.2, 0.25) is 0 Å². The molecule has 0 nitrogen and oxygen atoms in total. The second-order valence-corrected chi connectivity index (χ2v) is 4.92. The summed E-state index contributed by atoms with van der Waals surface area (Å²) < 4.78 is 40.6. The first-order chi connectivity index (χ1) is 8.99. The van der Waals surface area contributed by atoms with Crippen LogP contribution in [0.2, 0.25) is 0 Å². The van der Waals surface area contributed by atoms with E-state index in [1.165, 1.54) is 30.3 Å². The van der Waals surface area contributed by atoms with Gasteiger partial charge in [0, 0.05) is 5.56 Å². The summed E-state index contributed by atoms with van der Waals surface area (Å²) in [7, 11) is 0. The number of halogens is 4. The Morgan fingerprint density at radius 1 is 1.11 bits per heavy atom. The fourth-order valence-electron chi connectivity index (χ4n) is 1.94. The van der Waals surface area contributed by atoms with Gasteiger partial charge in [0.1, 0.15) is 17.5 Å². The molecule has 1 unspecified atom stereocenters. The molecule has 0 saturated carbocycles. The molecular weight excluding hydrogens is 273 g/mol. The molecule has 4 heteroatoms. The molecule has 0 amide bonds. The molecule has 0 heterocycles. The van der Waals surface area contributed by atoms with Crippen LogP contribution in [0.15, 0.2) is 36.4 Å². The van der Waals surface area contributed by atoms with Gasteiger partial charge in [-0.1, -0.05) is 18.2 Å². The molecule has 0 aliphatic carbocycles. The molecule has 2 aromatic rings. The topological polar surface area (TPSA) is 0 Å². The van der Waals surface area contributed by atoms with Crippen molar-refractivity contribution in [1.29, 1.82) is 0 Å². The van der Waals surface area contributed by atoms with Gasteiger partial charge in [-0.3, -0.25) is 0 Å². The van der Waals surface area contributed by atoms with E-state index in [1.807, 2.05) is 0 Å². The Bertz CT molecular complexity index is 596. The van der Waals surface area contributed by atoms with E-state index in [4.69, 9.17) is 11.6 Å². The normalized spacial score (nSPS) is 12.5. The molecule has 0 bridgehead atoms. The Hall–Kier alpha value is -1.48. The van der Waals surface area contributed by atoms with Gasteiger partial charge in [0.15, 0.2) is 0 Å². The number of benzene rings is 2. The summed E-state index contributed by atoms with van der Waals surface area (Å²) in [5.74, 6) is -1.72. The Balaban J connectivity index is 2.30. The van der Waals surface area contributed by atoms with Crippen molar-refractivity contribution in [2.45, 2.75) is 18.7 Å². The van der Waals surface area contributed by atoms with E-state index in [-0.39, 0.29) is 12.0 Å². The van der Waals surface area contributed by atoms with Crippen LogP contribution in [0, 0.1) is 24.4 Å². The van der Waals surface area contributed by atoms with Crippen LogP contribution in [-0.4, -0.2) is 0 Å². The number of alkyl halides is 1. The first-order valence-corrected chi connectivity index (χ1v) is 6.25. The fourth-order valence-corrected chi connectivity index (χ4v) is 2.32. The smallest absolute Gasteiger partial charge is 0.133 e. The van der Waals surface area contributed by atoms with Gasteiger partial charge in [0.25, 0.3) is 0 Å². The predicted molar refractivity (Wildman–Crippen MR) is 69.8 cm³/mol. The zero-order chi connectivity index (χ0) is 14.0. The van der Waals surface area contributed by atoms with E-state index in [0.717, 1.165) is 0 Å². The summed E-state index contributed by atoms with van der Waals surface area (Å²) >= 11 is 6.07. The van der Waals surface area contributed by atoms with Crippen molar-refractivity contribution < 1.29 is 13.2 Å². The largest absolute Gasteiger partial charge is 0.207 e. The maximum atomic E-state index is 13.9. The van der Waals surface area contributed by atoms with Crippen molar-refractivity contribution in [2.75, 3.05) is 0 Å². The minimum absolute atomic E-state index is 0.161. The Morgan fingerprint density at radius 2 is 1.84 bits per heavy atom. The van der Waals surface area contributed by atoms with Crippen LogP contribution in [0.5, 0.6) is 0 Å². The molecule has 0 radical (unpaired) electrons. The monoisotopic (exact) mass is 284 g/mol. The second-order valence-electron chi connectivity index (χ2n) is 4.39. The minimum Gasteiger partial charge on any atom is -0.207 e. The zero-order valence-electron chi connectivity index (χ0n) is 10.3. The van der Waals surface area contributed by atoms with E-state index in [1.54, 1.807) is 13.0 Å². The summed E-state index contributed by atoms with van der Waals surface area (Å²) in [6, 6.07) is 8.37. The van der Waals surface area contributed by atoms with Gasteiger partial charge in [-0.15, -0.1) is 11.6 Å². The standard InChI is InChI=1S/C15H12ClF3/c1-9-5-6-13(18)14(15(9)19)12(16)8-10-3-2-4-11(17)7-10/h2-7,12H,8H2,1H3. The molecule has 2 aromatic carbocycles. The van der Waals surface area contributed by atoms with Gasteiger partial charge in [0.05, 0.1) is 5.38 Å². The average molecular weight is 285 g/mol. The molecule has 1 atom stereocenters. The molecule has 100 valence electrons. The van der Waals surface area contributed by atoms with Crippen LogP contribution < -0.4 is 0 Å². The fraction of sp³-hybridized carbons (Fsp3) is 0.200. The van der Waals surface area contributed by atoms with Crippen molar-refractivity contribution in [3.05, 3.63) is 70.5 Å². The molecule has 19 heavy (non-hydrogen) atoms. The third-order valence-electron chi connectivity index (χ3n) is 2.94. The number of rotatable bonds is 3. The van der Waals surface area contributed by atoms with Crippen LogP contribution in [0.1, 0.15) is 22.1 Å². The summed E-state index contributed by atoms with van der Waals surface area (Å²) in [6.07, 6.45) is 0.163. The maximum absolute atomic E-state index is 13.9. The molecule has 0 aliphatic heterocycles. The molecule has 0 saturated heterocycles. The molecule has 0 aromatic heterocycles. The van der Waals surface area contributed by atoms with Gasteiger partial charge in [-0.05, 0) is 42.7 Å². The summed E-state index contributed by atoms with van der Waals surface area (Å²) in [4.78, 5) is 0.